The van der Waals surface area contributed by atoms with E-state index >= 15 is 0 Å². The van der Waals surface area contributed by atoms with E-state index < -0.39 is 0 Å². The average Bonchev–Trinajstić information content (AvgIpc) is 2.59. The fourth-order valence-corrected chi connectivity index (χ4v) is 3.28. The van der Waals surface area contributed by atoms with Crippen LogP contribution in [-0.4, -0.2) is 46.4 Å². The number of nitrogens with zero attached hydrogens (tertiary/aromatic N) is 2. The Morgan fingerprint density at radius 3 is 3.00 bits per heavy atom. The van der Waals surface area contributed by atoms with Crippen molar-refractivity contribution in [2.45, 2.75) is 25.0 Å². The number of hydrogen-bond acceptors (Lipinski definition) is 4. The first-order chi connectivity index (χ1) is 9.03. The highest BCUT2D eigenvalue weighted by Crippen LogP contribution is 2.31. The molecule has 104 valence electrons. The SMILES string of the molecule is CNc1ccncc1C(=O)N1CCSC(C)(C)CC1. The first-order valence-electron chi connectivity index (χ1n) is 6.58. The van der Waals surface area contributed by atoms with Crippen molar-refractivity contribution in [1.82, 2.24) is 9.88 Å². The molecule has 0 atom stereocenters. The van der Waals surface area contributed by atoms with Crippen molar-refractivity contribution < 1.29 is 4.79 Å². The number of carbonyl (C=O) groups excluding carboxylic acids is 1. The minimum absolute atomic E-state index is 0.0794. The Kier molecular flexibility index (Phi) is 4.34. The summed E-state index contributed by atoms with van der Waals surface area (Å²) in [5, 5.41) is 3.05. The summed E-state index contributed by atoms with van der Waals surface area (Å²) in [5.74, 6) is 1.07. The number of carbonyl (C=O) groups is 1. The average molecular weight is 279 g/mol. The molecule has 0 bridgehead atoms. The molecule has 2 heterocycles. The van der Waals surface area contributed by atoms with Crippen LogP contribution in [0, 0.1) is 0 Å². The van der Waals surface area contributed by atoms with Crippen LogP contribution in [0.5, 0.6) is 0 Å². The maximum atomic E-state index is 12.6. The molecule has 0 unspecified atom stereocenters. The van der Waals surface area contributed by atoms with Gasteiger partial charge in [0.25, 0.3) is 5.91 Å². The second-order valence-electron chi connectivity index (χ2n) is 5.32. The van der Waals surface area contributed by atoms with E-state index in [-0.39, 0.29) is 10.7 Å². The standard InChI is InChI=1S/C14H21N3OS/c1-14(2)5-7-17(8-9-19-14)13(18)11-10-16-6-4-12(11)15-3/h4,6,10H,5,7-9H2,1-3H3,(H,15,16). The molecule has 0 saturated carbocycles. The number of anilines is 1. The predicted molar refractivity (Wildman–Crippen MR) is 80.8 cm³/mol. The van der Waals surface area contributed by atoms with Gasteiger partial charge < -0.3 is 10.2 Å². The summed E-state index contributed by atoms with van der Waals surface area (Å²) in [6.45, 7) is 6.12. The molecular formula is C14H21N3OS. The largest absolute Gasteiger partial charge is 0.387 e. The Bertz CT molecular complexity index is 462. The molecule has 2 rings (SSSR count). The van der Waals surface area contributed by atoms with Crippen LogP contribution < -0.4 is 5.32 Å². The lowest BCUT2D eigenvalue weighted by atomic mass is 10.1. The molecule has 1 aromatic rings. The third-order valence-corrected chi connectivity index (χ3v) is 4.82. The molecule has 1 N–H and O–H groups in total. The van der Waals surface area contributed by atoms with Crippen molar-refractivity contribution in [1.29, 1.82) is 0 Å². The molecule has 1 aliphatic rings. The molecule has 1 aromatic heterocycles. The number of pyridine rings is 1. The number of amides is 1. The number of aromatic nitrogens is 1. The Morgan fingerprint density at radius 1 is 1.47 bits per heavy atom. The fourth-order valence-electron chi connectivity index (χ4n) is 2.18. The van der Waals surface area contributed by atoms with Crippen LogP contribution in [0.1, 0.15) is 30.6 Å². The van der Waals surface area contributed by atoms with E-state index in [0.717, 1.165) is 31.0 Å². The maximum absolute atomic E-state index is 12.6. The van der Waals surface area contributed by atoms with Crippen LogP contribution in [0.3, 0.4) is 0 Å². The highest BCUT2D eigenvalue weighted by molar-refractivity contribution is 8.00. The summed E-state index contributed by atoms with van der Waals surface area (Å²) in [6.07, 6.45) is 4.37. The lowest BCUT2D eigenvalue weighted by Gasteiger charge is -2.23. The highest BCUT2D eigenvalue weighted by atomic mass is 32.2. The molecule has 19 heavy (non-hydrogen) atoms. The van der Waals surface area contributed by atoms with E-state index in [9.17, 15) is 4.79 Å². The molecular weight excluding hydrogens is 258 g/mol. The first-order valence-corrected chi connectivity index (χ1v) is 7.57. The van der Waals surface area contributed by atoms with Gasteiger partial charge in [0, 0.05) is 48.7 Å². The molecule has 1 saturated heterocycles. The lowest BCUT2D eigenvalue weighted by molar-refractivity contribution is 0.0765. The molecule has 1 fully saturated rings. The summed E-state index contributed by atoms with van der Waals surface area (Å²) in [6, 6.07) is 1.84. The van der Waals surface area contributed by atoms with Crippen molar-refractivity contribution in [3.05, 3.63) is 24.0 Å². The van der Waals surface area contributed by atoms with Crippen LogP contribution in [0.2, 0.25) is 0 Å². The van der Waals surface area contributed by atoms with Gasteiger partial charge in [0.05, 0.1) is 5.56 Å². The summed E-state index contributed by atoms with van der Waals surface area (Å²) in [7, 11) is 1.83. The zero-order valence-corrected chi connectivity index (χ0v) is 12.6. The van der Waals surface area contributed by atoms with Gasteiger partial charge in [-0.3, -0.25) is 9.78 Å². The van der Waals surface area contributed by atoms with E-state index in [1.165, 1.54) is 0 Å². The van der Waals surface area contributed by atoms with E-state index in [2.05, 4.69) is 24.1 Å². The van der Waals surface area contributed by atoms with Crippen LogP contribution in [0.4, 0.5) is 5.69 Å². The summed E-state index contributed by atoms with van der Waals surface area (Å²) < 4.78 is 0.260. The molecule has 5 heteroatoms. The Morgan fingerprint density at radius 2 is 2.26 bits per heavy atom. The van der Waals surface area contributed by atoms with Crippen molar-refractivity contribution >= 4 is 23.4 Å². The third-order valence-electron chi connectivity index (χ3n) is 3.45. The Labute approximate surface area is 119 Å². The van der Waals surface area contributed by atoms with Crippen molar-refractivity contribution in [3.8, 4) is 0 Å². The van der Waals surface area contributed by atoms with Gasteiger partial charge in [-0.1, -0.05) is 13.8 Å². The Hall–Kier alpha value is -1.23. The number of nitrogens with one attached hydrogen (secondary N) is 1. The molecule has 4 nitrogen and oxygen atoms in total. The van der Waals surface area contributed by atoms with Gasteiger partial charge in [-0.15, -0.1) is 0 Å². The fraction of sp³-hybridized carbons (Fsp3) is 0.571. The van der Waals surface area contributed by atoms with Gasteiger partial charge in [0.2, 0.25) is 0 Å². The lowest BCUT2D eigenvalue weighted by Crippen LogP contribution is -2.34. The quantitative estimate of drug-likeness (QED) is 0.903. The number of hydrogen-bond donors (Lipinski definition) is 1. The van der Waals surface area contributed by atoms with Gasteiger partial charge in [-0.2, -0.15) is 11.8 Å². The summed E-state index contributed by atoms with van der Waals surface area (Å²) in [5.41, 5.74) is 1.51. The van der Waals surface area contributed by atoms with E-state index in [1.54, 1.807) is 12.4 Å². The van der Waals surface area contributed by atoms with Crippen LogP contribution >= 0.6 is 11.8 Å². The van der Waals surface area contributed by atoms with Crippen LogP contribution in [0.25, 0.3) is 0 Å². The molecule has 0 spiro atoms. The zero-order valence-electron chi connectivity index (χ0n) is 11.8. The minimum Gasteiger partial charge on any atom is -0.387 e. The van der Waals surface area contributed by atoms with Crippen molar-refractivity contribution in [2.75, 3.05) is 31.2 Å². The van der Waals surface area contributed by atoms with E-state index in [0.29, 0.717) is 5.56 Å². The van der Waals surface area contributed by atoms with Crippen molar-refractivity contribution in [2.24, 2.45) is 0 Å². The molecule has 0 radical (unpaired) electrons. The topological polar surface area (TPSA) is 45.2 Å². The molecule has 0 aromatic carbocycles. The predicted octanol–water partition coefficient (Wildman–Crippen LogP) is 2.48. The number of thioether (sulfide) groups is 1. The van der Waals surface area contributed by atoms with Gasteiger partial charge >= 0.3 is 0 Å². The smallest absolute Gasteiger partial charge is 0.257 e. The molecule has 0 aliphatic carbocycles. The number of rotatable bonds is 2. The van der Waals surface area contributed by atoms with Crippen LogP contribution in [0.15, 0.2) is 18.5 Å². The summed E-state index contributed by atoms with van der Waals surface area (Å²) >= 11 is 1.94. The summed E-state index contributed by atoms with van der Waals surface area (Å²) in [4.78, 5) is 18.6. The normalized spacial score (nSPS) is 18.8. The second kappa shape index (κ2) is 5.82. The van der Waals surface area contributed by atoms with Gasteiger partial charge in [-0.25, -0.2) is 0 Å². The molecule has 1 aliphatic heterocycles. The van der Waals surface area contributed by atoms with Gasteiger partial charge in [0.15, 0.2) is 0 Å². The highest BCUT2D eigenvalue weighted by Gasteiger charge is 2.27. The third kappa shape index (κ3) is 3.41. The second-order valence-corrected chi connectivity index (χ2v) is 7.12. The van der Waals surface area contributed by atoms with Crippen LogP contribution in [-0.2, 0) is 0 Å². The van der Waals surface area contributed by atoms with Gasteiger partial charge in [0.1, 0.15) is 0 Å². The Balaban J connectivity index is 2.15. The maximum Gasteiger partial charge on any atom is 0.257 e. The minimum atomic E-state index is 0.0794. The monoisotopic (exact) mass is 279 g/mol. The first kappa shape index (κ1) is 14.2. The van der Waals surface area contributed by atoms with Gasteiger partial charge in [-0.05, 0) is 12.5 Å². The molecule has 1 amide bonds. The van der Waals surface area contributed by atoms with E-state index in [4.69, 9.17) is 0 Å². The van der Waals surface area contributed by atoms with E-state index in [1.807, 2.05) is 29.8 Å². The zero-order chi connectivity index (χ0) is 13.9. The van der Waals surface area contributed by atoms with Crippen molar-refractivity contribution in [3.63, 3.8) is 0 Å².